The molecule has 114 valence electrons. The first kappa shape index (κ1) is 16.7. The molecular formula is C14H16FNO5. The van der Waals surface area contributed by atoms with Gasteiger partial charge in [0.15, 0.2) is 0 Å². The number of nitro groups is 1. The van der Waals surface area contributed by atoms with E-state index in [1.165, 1.54) is 19.1 Å². The summed E-state index contributed by atoms with van der Waals surface area (Å²) in [6.45, 7) is 2.21. The minimum absolute atomic E-state index is 0.0667. The normalized spacial score (nSPS) is 13.3. The van der Waals surface area contributed by atoms with Gasteiger partial charge in [0.1, 0.15) is 17.5 Å². The summed E-state index contributed by atoms with van der Waals surface area (Å²) in [4.78, 5) is 33.9. The third-order valence-electron chi connectivity index (χ3n) is 3.02. The summed E-state index contributed by atoms with van der Waals surface area (Å²) < 4.78 is 17.8. The lowest BCUT2D eigenvalue weighted by atomic mass is 9.83. The van der Waals surface area contributed by atoms with Gasteiger partial charge < -0.3 is 4.74 Å². The van der Waals surface area contributed by atoms with Crippen molar-refractivity contribution in [3.8, 4) is 0 Å². The molecule has 0 amide bonds. The highest BCUT2D eigenvalue weighted by molar-refractivity contribution is 5.98. The van der Waals surface area contributed by atoms with Crippen LogP contribution in [0.3, 0.4) is 0 Å². The maximum Gasteiger partial charge on any atom is 0.317 e. The van der Waals surface area contributed by atoms with Gasteiger partial charge in [-0.1, -0.05) is 12.1 Å². The first-order valence-corrected chi connectivity index (χ1v) is 6.41. The predicted octanol–water partition coefficient (Wildman–Crippen LogP) is 1.95. The number of rotatable bonds is 7. The Hall–Kier alpha value is -2.31. The summed E-state index contributed by atoms with van der Waals surface area (Å²) in [6.07, 6.45) is 0. The van der Waals surface area contributed by atoms with Gasteiger partial charge in [0.25, 0.3) is 0 Å². The van der Waals surface area contributed by atoms with Crippen LogP contribution in [0.1, 0.15) is 25.3 Å². The van der Waals surface area contributed by atoms with Gasteiger partial charge in [0.2, 0.25) is 6.54 Å². The van der Waals surface area contributed by atoms with Crippen LogP contribution in [0, 0.1) is 21.8 Å². The minimum atomic E-state index is -1.28. The van der Waals surface area contributed by atoms with Crippen LogP contribution in [-0.4, -0.2) is 29.8 Å². The van der Waals surface area contributed by atoms with Crippen molar-refractivity contribution in [3.05, 3.63) is 45.8 Å². The molecule has 0 saturated heterocycles. The summed E-state index contributed by atoms with van der Waals surface area (Å²) in [5.74, 6) is -4.10. The second-order valence-electron chi connectivity index (χ2n) is 4.51. The molecular weight excluding hydrogens is 281 g/mol. The van der Waals surface area contributed by atoms with Crippen LogP contribution in [0.15, 0.2) is 24.3 Å². The molecule has 0 aliphatic carbocycles. The largest absolute Gasteiger partial charge is 0.465 e. The van der Waals surface area contributed by atoms with E-state index >= 15 is 0 Å². The molecule has 1 aromatic rings. The van der Waals surface area contributed by atoms with E-state index in [0.29, 0.717) is 5.56 Å². The molecule has 1 rings (SSSR count). The Morgan fingerprint density at radius 1 is 1.33 bits per heavy atom. The van der Waals surface area contributed by atoms with Gasteiger partial charge in [-0.2, -0.15) is 0 Å². The van der Waals surface area contributed by atoms with Crippen molar-refractivity contribution in [2.24, 2.45) is 5.92 Å². The zero-order valence-corrected chi connectivity index (χ0v) is 11.7. The molecule has 21 heavy (non-hydrogen) atoms. The summed E-state index contributed by atoms with van der Waals surface area (Å²) in [7, 11) is 0. The third kappa shape index (κ3) is 4.62. The zero-order chi connectivity index (χ0) is 16.0. The van der Waals surface area contributed by atoms with Crippen molar-refractivity contribution in [3.63, 3.8) is 0 Å². The van der Waals surface area contributed by atoms with Gasteiger partial charge in [0.05, 0.1) is 12.5 Å². The van der Waals surface area contributed by atoms with Crippen molar-refractivity contribution < 1.29 is 23.6 Å². The molecule has 0 aromatic heterocycles. The van der Waals surface area contributed by atoms with Gasteiger partial charge in [-0.25, -0.2) is 4.39 Å². The molecule has 0 N–H and O–H groups in total. The topological polar surface area (TPSA) is 86.5 Å². The lowest BCUT2D eigenvalue weighted by Gasteiger charge is -2.21. The first-order chi connectivity index (χ1) is 9.86. The van der Waals surface area contributed by atoms with E-state index in [1.54, 1.807) is 6.92 Å². The van der Waals surface area contributed by atoms with E-state index in [1.807, 2.05) is 0 Å². The Kier molecular flexibility index (Phi) is 5.95. The Labute approximate surface area is 121 Å². The first-order valence-electron chi connectivity index (χ1n) is 6.41. The highest BCUT2D eigenvalue weighted by atomic mass is 19.1. The molecule has 0 fully saturated rings. The van der Waals surface area contributed by atoms with E-state index in [9.17, 15) is 24.1 Å². The number of carbonyl (C=O) groups excluding carboxylic acids is 2. The summed E-state index contributed by atoms with van der Waals surface area (Å²) in [6, 6.07) is 4.92. The SMILES string of the molecule is CCOC(=O)[C@@H](C(C)=O)[C@H](C[N+](=O)[O-])c1ccc(F)cc1. The number of nitrogens with zero attached hydrogens (tertiary/aromatic N) is 1. The number of benzene rings is 1. The average molecular weight is 297 g/mol. The van der Waals surface area contributed by atoms with Crippen LogP contribution in [0.4, 0.5) is 4.39 Å². The second kappa shape index (κ2) is 7.47. The van der Waals surface area contributed by atoms with E-state index < -0.39 is 40.9 Å². The van der Waals surface area contributed by atoms with E-state index in [4.69, 9.17) is 4.74 Å². The highest BCUT2D eigenvalue weighted by Gasteiger charge is 2.37. The summed E-state index contributed by atoms with van der Waals surface area (Å²) in [5.41, 5.74) is 0.348. The van der Waals surface area contributed by atoms with Gasteiger partial charge >= 0.3 is 5.97 Å². The van der Waals surface area contributed by atoms with Crippen LogP contribution in [-0.2, 0) is 14.3 Å². The fourth-order valence-electron chi connectivity index (χ4n) is 2.12. The molecule has 6 nitrogen and oxygen atoms in total. The molecule has 1 aromatic carbocycles. The Balaban J connectivity index is 3.19. The van der Waals surface area contributed by atoms with Crippen molar-refractivity contribution in [2.45, 2.75) is 19.8 Å². The lowest BCUT2D eigenvalue weighted by Crippen LogP contribution is -2.34. The van der Waals surface area contributed by atoms with Gasteiger partial charge in [0, 0.05) is 4.92 Å². The van der Waals surface area contributed by atoms with Crippen LogP contribution in [0.5, 0.6) is 0 Å². The molecule has 0 spiro atoms. The molecule has 2 atom stereocenters. The molecule has 0 aliphatic heterocycles. The minimum Gasteiger partial charge on any atom is -0.465 e. The van der Waals surface area contributed by atoms with Crippen molar-refractivity contribution in [2.75, 3.05) is 13.2 Å². The number of carbonyl (C=O) groups is 2. The zero-order valence-electron chi connectivity index (χ0n) is 11.7. The quantitative estimate of drug-likeness (QED) is 0.332. The molecule has 0 unspecified atom stereocenters. The predicted molar refractivity (Wildman–Crippen MR) is 71.8 cm³/mol. The Bertz CT molecular complexity index is 529. The molecule has 0 heterocycles. The maximum atomic E-state index is 13.0. The average Bonchev–Trinajstić information content (AvgIpc) is 2.38. The standard InChI is InChI=1S/C14H16FNO5/c1-3-21-14(18)13(9(2)17)12(8-16(19)20)10-4-6-11(15)7-5-10/h4-7,12-13H,3,8H2,1-2H3/t12-,13+/m1/s1. The monoisotopic (exact) mass is 297 g/mol. The van der Waals surface area contributed by atoms with Crippen LogP contribution < -0.4 is 0 Å². The maximum absolute atomic E-state index is 13.0. The Morgan fingerprint density at radius 3 is 2.33 bits per heavy atom. The lowest BCUT2D eigenvalue weighted by molar-refractivity contribution is -0.484. The number of esters is 1. The van der Waals surface area contributed by atoms with Crippen LogP contribution in [0.2, 0.25) is 0 Å². The molecule has 7 heteroatoms. The highest BCUT2D eigenvalue weighted by Crippen LogP contribution is 2.27. The number of hydrogen-bond donors (Lipinski definition) is 0. The van der Waals surface area contributed by atoms with Crippen LogP contribution in [0.25, 0.3) is 0 Å². The fraction of sp³-hybridized carbons (Fsp3) is 0.429. The number of Topliss-reactive ketones (excluding diaryl/α,β-unsaturated/α-hetero) is 1. The molecule has 0 bridgehead atoms. The molecule has 0 aliphatic rings. The van der Waals surface area contributed by atoms with Crippen LogP contribution >= 0.6 is 0 Å². The van der Waals surface area contributed by atoms with Crippen molar-refractivity contribution in [1.29, 1.82) is 0 Å². The number of ketones is 1. The van der Waals surface area contributed by atoms with E-state index in [2.05, 4.69) is 0 Å². The summed E-state index contributed by atoms with van der Waals surface area (Å²) >= 11 is 0. The van der Waals surface area contributed by atoms with Gasteiger partial charge in [-0.3, -0.25) is 19.7 Å². The van der Waals surface area contributed by atoms with Crippen molar-refractivity contribution in [1.82, 2.24) is 0 Å². The number of ether oxygens (including phenoxy) is 1. The van der Waals surface area contributed by atoms with E-state index in [-0.39, 0.29) is 6.61 Å². The molecule has 0 radical (unpaired) electrons. The molecule has 0 saturated carbocycles. The van der Waals surface area contributed by atoms with Gasteiger partial charge in [-0.15, -0.1) is 0 Å². The summed E-state index contributed by atoms with van der Waals surface area (Å²) in [5, 5.41) is 10.8. The smallest absolute Gasteiger partial charge is 0.317 e. The second-order valence-corrected chi connectivity index (χ2v) is 4.51. The number of halogens is 1. The Morgan fingerprint density at radius 2 is 1.90 bits per heavy atom. The fourth-order valence-corrected chi connectivity index (χ4v) is 2.12. The van der Waals surface area contributed by atoms with Gasteiger partial charge in [-0.05, 0) is 31.5 Å². The van der Waals surface area contributed by atoms with E-state index in [0.717, 1.165) is 12.1 Å². The number of hydrogen-bond acceptors (Lipinski definition) is 5. The van der Waals surface area contributed by atoms with Crippen molar-refractivity contribution >= 4 is 11.8 Å². The third-order valence-corrected chi connectivity index (χ3v) is 3.02.